The van der Waals surface area contributed by atoms with E-state index in [1.807, 2.05) is 46.3 Å². The number of aromatic amines is 1. The molecule has 2 aromatic carbocycles. The third-order valence-electron chi connectivity index (χ3n) is 8.14. The smallest absolute Gasteiger partial charge is 0.244 e. The van der Waals surface area contributed by atoms with Crippen LogP contribution in [0.15, 0.2) is 54.9 Å². The first kappa shape index (κ1) is 21.7. The number of benzene rings is 2. The Hall–Kier alpha value is -3.52. The van der Waals surface area contributed by atoms with Gasteiger partial charge in [-0.1, -0.05) is 36.4 Å². The molecule has 8 heteroatoms. The monoisotopic (exact) mass is 485 g/mol. The van der Waals surface area contributed by atoms with E-state index in [2.05, 4.69) is 15.5 Å². The zero-order valence-corrected chi connectivity index (χ0v) is 19.9. The lowest BCUT2D eigenvalue weighted by Gasteiger charge is -2.42. The van der Waals surface area contributed by atoms with Gasteiger partial charge < -0.3 is 9.80 Å². The molecule has 184 valence electrons. The first-order valence-electron chi connectivity index (χ1n) is 12.8. The first-order valence-corrected chi connectivity index (χ1v) is 12.8. The highest BCUT2D eigenvalue weighted by molar-refractivity contribution is 5.92. The van der Waals surface area contributed by atoms with E-state index in [1.54, 1.807) is 18.3 Å². The van der Waals surface area contributed by atoms with Crippen LogP contribution >= 0.6 is 0 Å². The Morgan fingerprint density at radius 2 is 1.72 bits per heavy atom. The number of likely N-dealkylation sites (tertiary alicyclic amines) is 1. The maximum absolute atomic E-state index is 15.5. The summed E-state index contributed by atoms with van der Waals surface area (Å²) in [6, 6.07) is 13.2. The molecule has 2 saturated heterocycles. The molecule has 3 heterocycles. The van der Waals surface area contributed by atoms with Crippen molar-refractivity contribution in [2.75, 3.05) is 19.6 Å². The Labute approximate surface area is 208 Å². The van der Waals surface area contributed by atoms with Crippen LogP contribution < -0.4 is 5.32 Å². The van der Waals surface area contributed by atoms with E-state index in [9.17, 15) is 9.59 Å². The Morgan fingerprint density at radius 1 is 1.03 bits per heavy atom. The fourth-order valence-electron chi connectivity index (χ4n) is 5.63. The zero-order chi connectivity index (χ0) is 24.4. The highest BCUT2D eigenvalue weighted by Crippen LogP contribution is 2.47. The fraction of sp³-hybridized carbons (Fsp3) is 0.393. The Kier molecular flexibility index (Phi) is 4.83. The molecule has 1 aromatic heterocycles. The van der Waals surface area contributed by atoms with E-state index < -0.39 is 11.7 Å². The van der Waals surface area contributed by atoms with Gasteiger partial charge in [0.2, 0.25) is 11.8 Å². The lowest BCUT2D eigenvalue weighted by atomic mass is 9.97. The van der Waals surface area contributed by atoms with Crippen molar-refractivity contribution in [3.8, 4) is 22.3 Å². The predicted molar refractivity (Wildman–Crippen MR) is 132 cm³/mol. The van der Waals surface area contributed by atoms with Crippen molar-refractivity contribution in [3.63, 3.8) is 0 Å². The number of nitrogens with zero attached hydrogens (tertiary/aromatic N) is 3. The highest BCUT2D eigenvalue weighted by Gasteiger charge is 2.60. The Morgan fingerprint density at radius 3 is 2.33 bits per heavy atom. The summed E-state index contributed by atoms with van der Waals surface area (Å²) < 4.78 is 15.5. The topological polar surface area (TPSA) is 81.3 Å². The van der Waals surface area contributed by atoms with Gasteiger partial charge in [0.1, 0.15) is 17.5 Å². The van der Waals surface area contributed by atoms with Crippen molar-refractivity contribution < 1.29 is 14.0 Å². The molecule has 1 spiro atoms. The second-order valence-corrected chi connectivity index (χ2v) is 10.8. The van der Waals surface area contributed by atoms with Gasteiger partial charge in [-0.25, -0.2) is 4.39 Å². The van der Waals surface area contributed by atoms with E-state index in [4.69, 9.17) is 0 Å². The van der Waals surface area contributed by atoms with Crippen molar-refractivity contribution in [1.82, 2.24) is 25.3 Å². The summed E-state index contributed by atoms with van der Waals surface area (Å²) in [7, 11) is 0. The van der Waals surface area contributed by atoms with Crippen molar-refractivity contribution in [3.05, 3.63) is 66.2 Å². The second kappa shape index (κ2) is 8.00. The van der Waals surface area contributed by atoms with E-state index in [0.29, 0.717) is 25.2 Å². The molecule has 1 atom stereocenters. The first-order chi connectivity index (χ1) is 17.5. The number of nitrogens with one attached hydrogen (secondary N) is 2. The van der Waals surface area contributed by atoms with Crippen LogP contribution in [-0.2, 0) is 9.59 Å². The number of hydrogen-bond acceptors (Lipinski definition) is 4. The van der Waals surface area contributed by atoms with Crippen molar-refractivity contribution in [1.29, 1.82) is 0 Å². The number of amides is 2. The van der Waals surface area contributed by atoms with Gasteiger partial charge in [-0.2, -0.15) is 5.10 Å². The van der Waals surface area contributed by atoms with Crippen molar-refractivity contribution in [2.45, 2.75) is 37.4 Å². The van der Waals surface area contributed by atoms with E-state index in [-0.39, 0.29) is 29.5 Å². The molecule has 0 bridgehead atoms. The van der Waals surface area contributed by atoms with Crippen molar-refractivity contribution in [2.24, 2.45) is 11.8 Å². The SMILES string of the molecule is O=C(C1CC1)N1CC(CN2C(=O)C3(CC3)NC2c2ccc(-c3ccc(-c4cn[nH]c4)cc3)cc2F)C1. The van der Waals surface area contributed by atoms with Gasteiger partial charge in [0.25, 0.3) is 0 Å². The molecule has 2 saturated carbocycles. The molecule has 2 aliphatic carbocycles. The average molecular weight is 486 g/mol. The van der Waals surface area contributed by atoms with Gasteiger partial charge >= 0.3 is 0 Å². The van der Waals surface area contributed by atoms with Crippen LogP contribution in [0.25, 0.3) is 22.3 Å². The number of H-pyrrole nitrogens is 1. The molecule has 1 unspecified atom stereocenters. The summed E-state index contributed by atoms with van der Waals surface area (Å²) in [5.74, 6) is 0.465. The molecular weight excluding hydrogens is 457 g/mol. The number of halogens is 1. The van der Waals surface area contributed by atoms with E-state index in [0.717, 1.165) is 47.9 Å². The lowest BCUT2D eigenvalue weighted by Crippen LogP contribution is -2.55. The van der Waals surface area contributed by atoms with Crippen LogP contribution in [-0.4, -0.2) is 57.0 Å². The van der Waals surface area contributed by atoms with Gasteiger partial charge in [0.05, 0.1) is 6.20 Å². The summed E-state index contributed by atoms with van der Waals surface area (Å²) in [5.41, 5.74) is 3.72. The quantitative estimate of drug-likeness (QED) is 0.558. The van der Waals surface area contributed by atoms with Crippen LogP contribution in [0.4, 0.5) is 4.39 Å². The number of hydrogen-bond donors (Lipinski definition) is 2. The van der Waals surface area contributed by atoms with Gasteiger partial charge in [-0.3, -0.25) is 20.0 Å². The molecule has 7 nitrogen and oxygen atoms in total. The molecular formula is C28H28FN5O2. The van der Waals surface area contributed by atoms with Gasteiger partial charge in [0.15, 0.2) is 0 Å². The molecule has 3 aromatic rings. The highest BCUT2D eigenvalue weighted by atomic mass is 19.1. The second-order valence-electron chi connectivity index (χ2n) is 10.8. The van der Waals surface area contributed by atoms with Gasteiger partial charge in [0, 0.05) is 48.8 Å². The minimum Gasteiger partial charge on any atom is -0.342 e. The third-order valence-corrected chi connectivity index (χ3v) is 8.14. The largest absolute Gasteiger partial charge is 0.342 e. The molecule has 2 N–H and O–H groups in total. The standard InChI is InChI=1S/C28H28FN5O2/c29-24-11-21(18-1-3-19(4-2-18)22-12-30-31-13-22)7-8-23(24)25-32-28(9-10-28)27(36)34(25)16-17-14-33(15-17)26(35)20-5-6-20/h1-4,7-8,11-13,17,20,25,32H,5-6,9-10,14-16H2,(H,30,31). The van der Waals surface area contributed by atoms with Crippen LogP contribution in [0, 0.1) is 17.7 Å². The summed E-state index contributed by atoms with van der Waals surface area (Å²) in [6.45, 7) is 1.92. The normalized spacial score (nSPS) is 22.8. The van der Waals surface area contributed by atoms with Gasteiger partial charge in [-0.15, -0.1) is 0 Å². The molecule has 36 heavy (non-hydrogen) atoms. The zero-order valence-electron chi connectivity index (χ0n) is 19.9. The summed E-state index contributed by atoms with van der Waals surface area (Å²) in [5, 5.41) is 10.2. The Balaban J connectivity index is 1.09. The molecule has 2 aliphatic heterocycles. The average Bonchev–Trinajstić information content (AvgIpc) is 3.78. The number of aromatic nitrogens is 2. The number of carbonyl (C=O) groups is 2. The van der Waals surface area contributed by atoms with E-state index >= 15 is 4.39 Å². The summed E-state index contributed by atoms with van der Waals surface area (Å²) in [4.78, 5) is 29.3. The van der Waals surface area contributed by atoms with Crippen molar-refractivity contribution >= 4 is 11.8 Å². The lowest BCUT2D eigenvalue weighted by molar-refractivity contribution is -0.140. The van der Waals surface area contributed by atoms with Crippen LogP contribution in [0.5, 0.6) is 0 Å². The molecule has 4 fully saturated rings. The van der Waals surface area contributed by atoms with Gasteiger partial charge in [-0.05, 0) is 48.4 Å². The van der Waals surface area contributed by atoms with Crippen LogP contribution in [0.1, 0.15) is 37.4 Å². The minimum atomic E-state index is -0.536. The van der Waals surface area contributed by atoms with Crippen LogP contribution in [0.2, 0.25) is 0 Å². The van der Waals surface area contributed by atoms with E-state index in [1.165, 1.54) is 0 Å². The van der Waals surface area contributed by atoms with Crippen LogP contribution in [0.3, 0.4) is 0 Å². The fourth-order valence-corrected chi connectivity index (χ4v) is 5.63. The third kappa shape index (κ3) is 3.63. The molecule has 4 aliphatic rings. The summed E-state index contributed by atoms with van der Waals surface area (Å²) in [6.07, 6.45) is 6.71. The molecule has 0 radical (unpaired) electrons. The predicted octanol–water partition coefficient (Wildman–Crippen LogP) is 3.71. The Bertz CT molecular complexity index is 1320. The maximum atomic E-state index is 15.5. The molecule has 7 rings (SSSR count). The number of rotatable bonds is 6. The number of carbonyl (C=O) groups excluding carboxylic acids is 2. The molecule has 2 amide bonds. The summed E-state index contributed by atoms with van der Waals surface area (Å²) >= 11 is 0. The minimum absolute atomic E-state index is 0.0674. The maximum Gasteiger partial charge on any atom is 0.244 e.